The lowest BCUT2D eigenvalue weighted by Crippen LogP contribution is -2.30. The molecular weight excluding hydrogens is 665 g/mol. The van der Waals surface area contributed by atoms with E-state index in [1.807, 2.05) is 24.3 Å². The molecule has 0 amide bonds. The van der Waals surface area contributed by atoms with E-state index in [9.17, 15) is 5.41 Å². The van der Waals surface area contributed by atoms with Crippen LogP contribution < -0.4 is 4.90 Å². The summed E-state index contributed by atoms with van der Waals surface area (Å²) in [5.74, 6) is 0. The second kappa shape index (κ2) is 13.8. The highest BCUT2D eigenvalue weighted by molar-refractivity contribution is 7.79. The zero-order valence-corrected chi connectivity index (χ0v) is 29.7. The molecule has 4 nitrogen and oxygen atoms in total. The molecule has 0 saturated carbocycles. The number of anilines is 2. The summed E-state index contributed by atoms with van der Waals surface area (Å²) >= 11 is 4.46. The average molecular weight is 699 g/mol. The number of allylic oxidation sites excluding steroid dienone is 4. The molecule has 0 bridgehead atoms. The Morgan fingerprint density at radius 3 is 1.55 bits per heavy atom. The van der Waals surface area contributed by atoms with Crippen LogP contribution in [0.15, 0.2) is 204 Å². The molecular formula is C48H34N4S. The molecule has 9 rings (SSSR count). The maximum Gasteiger partial charge on any atom is 0.106 e. The zero-order valence-electron chi connectivity index (χ0n) is 28.8. The Kier molecular flexibility index (Phi) is 8.39. The summed E-state index contributed by atoms with van der Waals surface area (Å²) in [6, 6.07) is 63.3. The second-order valence-electron chi connectivity index (χ2n) is 13.0. The maximum absolute atomic E-state index is 9.64. The van der Waals surface area contributed by atoms with E-state index in [-0.39, 0.29) is 0 Å². The minimum absolute atomic E-state index is 0.295. The largest absolute Gasteiger partial charge is 0.309 e. The van der Waals surface area contributed by atoms with Crippen LogP contribution in [0.5, 0.6) is 0 Å². The van der Waals surface area contributed by atoms with Crippen LogP contribution in [-0.4, -0.2) is 16.0 Å². The number of nitrogens with zero attached hydrogens (tertiary/aromatic N) is 3. The van der Waals surface area contributed by atoms with Crippen molar-refractivity contribution in [3.63, 3.8) is 0 Å². The van der Waals surface area contributed by atoms with Gasteiger partial charge in [-0.2, -0.15) is 0 Å². The van der Waals surface area contributed by atoms with Gasteiger partial charge in [0.05, 0.1) is 16.7 Å². The van der Waals surface area contributed by atoms with E-state index in [0.29, 0.717) is 17.1 Å². The number of para-hydroxylation sites is 2. The van der Waals surface area contributed by atoms with Crippen molar-refractivity contribution in [1.82, 2.24) is 4.57 Å². The normalized spacial score (nSPS) is 13.7. The summed E-state index contributed by atoms with van der Waals surface area (Å²) < 4.78 is 6.76. The molecule has 8 aromatic rings. The van der Waals surface area contributed by atoms with Crippen molar-refractivity contribution < 1.29 is 0 Å². The number of nitrogens with one attached hydrogen (secondary N) is 1. The first-order chi connectivity index (χ1) is 26.2. The molecule has 0 unspecified atom stereocenters. The van der Waals surface area contributed by atoms with Crippen LogP contribution in [0, 0.1) is 5.41 Å². The Morgan fingerprint density at radius 1 is 0.472 bits per heavy atom. The monoisotopic (exact) mass is 698 g/mol. The van der Waals surface area contributed by atoms with Crippen molar-refractivity contribution in [2.24, 2.45) is 4.40 Å². The molecule has 0 fully saturated rings. The van der Waals surface area contributed by atoms with E-state index in [2.05, 4.69) is 197 Å². The smallest absolute Gasteiger partial charge is 0.106 e. The quantitative estimate of drug-likeness (QED) is 0.126. The number of thiol groups is 1. The van der Waals surface area contributed by atoms with Gasteiger partial charge in [0.2, 0.25) is 0 Å². The third-order valence-corrected chi connectivity index (χ3v) is 10.2. The number of rotatable bonds is 7. The van der Waals surface area contributed by atoms with Crippen LogP contribution in [0.4, 0.5) is 11.4 Å². The van der Waals surface area contributed by atoms with Crippen molar-refractivity contribution in [2.45, 2.75) is 0 Å². The first-order valence-corrected chi connectivity index (χ1v) is 18.0. The topological polar surface area (TPSA) is 44.4 Å². The first kappa shape index (κ1) is 32.2. The van der Waals surface area contributed by atoms with E-state index in [4.69, 9.17) is 0 Å². The van der Waals surface area contributed by atoms with Gasteiger partial charge in [-0.3, -0.25) is 5.41 Å². The molecule has 0 radical (unpaired) electrons. The number of hydrogen-bond donors (Lipinski definition) is 2. The van der Waals surface area contributed by atoms with E-state index in [1.165, 1.54) is 5.39 Å². The van der Waals surface area contributed by atoms with Crippen LogP contribution in [0.2, 0.25) is 0 Å². The Hall–Kier alpha value is -6.69. The van der Waals surface area contributed by atoms with Gasteiger partial charge < -0.3 is 9.47 Å². The van der Waals surface area contributed by atoms with E-state index in [1.54, 1.807) is 0 Å². The molecule has 0 atom stereocenters. The van der Waals surface area contributed by atoms with Gasteiger partial charge in [0, 0.05) is 33.4 Å². The predicted molar refractivity (Wildman–Crippen MR) is 227 cm³/mol. The third-order valence-electron chi connectivity index (χ3n) is 9.96. The molecule has 1 aromatic heterocycles. The number of aromatic nitrogens is 1. The van der Waals surface area contributed by atoms with Crippen LogP contribution >= 0.6 is 12.8 Å². The minimum Gasteiger partial charge on any atom is -0.309 e. The lowest BCUT2D eigenvalue weighted by molar-refractivity contribution is 1.18. The summed E-state index contributed by atoms with van der Waals surface area (Å²) in [6.45, 7) is 0. The fourth-order valence-electron chi connectivity index (χ4n) is 7.39. The standard InChI is InChI=1S/C48H34N4S/c49-47-46(51(39-25-20-35(21-26-39)33-12-4-1-5-13-33)40-27-22-36(23-28-40)34-14-6-2-7-15-34)31-29-41(48(47)50-53)37-24-30-45-43(32-37)42-18-10-11-19-44(42)52(45)38-16-8-3-9-17-38/h1-32,49,53H/b49-47?,50-48-. The highest BCUT2D eigenvalue weighted by atomic mass is 32.1. The number of benzene rings is 7. The summed E-state index contributed by atoms with van der Waals surface area (Å²) in [4.78, 5) is 2.13. The average Bonchev–Trinajstić information content (AvgIpc) is 3.56. The summed E-state index contributed by atoms with van der Waals surface area (Å²) in [6.07, 6.45) is 4.11. The predicted octanol–water partition coefficient (Wildman–Crippen LogP) is 12.5. The SMILES string of the molecule is N=C1C(N(c2ccc(-c3ccccc3)cc2)c2ccc(-c3ccccc3)cc2)=CC=C(c2ccc3c(c2)c2ccccc2n3-c2ccccc2)/C1=N/S. The van der Waals surface area contributed by atoms with E-state index in [0.717, 1.165) is 66.9 Å². The molecule has 252 valence electrons. The van der Waals surface area contributed by atoms with E-state index >= 15 is 0 Å². The molecule has 1 N–H and O–H groups in total. The van der Waals surface area contributed by atoms with E-state index < -0.39 is 0 Å². The lowest BCUT2D eigenvalue weighted by atomic mass is 9.90. The molecule has 1 aliphatic rings. The Morgan fingerprint density at radius 2 is 0.962 bits per heavy atom. The van der Waals surface area contributed by atoms with Crippen molar-refractivity contribution in [1.29, 1.82) is 5.41 Å². The fourth-order valence-corrected chi connectivity index (χ4v) is 7.60. The highest BCUT2D eigenvalue weighted by Gasteiger charge is 2.28. The van der Waals surface area contributed by atoms with Gasteiger partial charge >= 0.3 is 0 Å². The lowest BCUT2D eigenvalue weighted by Gasteiger charge is -2.31. The molecule has 0 spiro atoms. The van der Waals surface area contributed by atoms with Gasteiger partial charge in [-0.1, -0.05) is 127 Å². The van der Waals surface area contributed by atoms with Gasteiger partial charge in [0.25, 0.3) is 0 Å². The van der Waals surface area contributed by atoms with Gasteiger partial charge in [-0.25, -0.2) is 4.40 Å². The van der Waals surface area contributed by atoms with Gasteiger partial charge in [-0.05, 0) is 107 Å². The number of hydrogen-bond acceptors (Lipinski definition) is 4. The molecule has 5 heteroatoms. The fraction of sp³-hybridized carbons (Fsp3) is 0. The van der Waals surface area contributed by atoms with Crippen molar-refractivity contribution >= 4 is 63.0 Å². The molecule has 7 aromatic carbocycles. The highest BCUT2D eigenvalue weighted by Crippen LogP contribution is 2.38. The Balaban J connectivity index is 1.16. The summed E-state index contributed by atoms with van der Waals surface area (Å²) in [7, 11) is 0. The van der Waals surface area contributed by atoms with Gasteiger partial charge in [-0.15, -0.1) is 0 Å². The second-order valence-corrected chi connectivity index (χ2v) is 13.2. The van der Waals surface area contributed by atoms with Crippen molar-refractivity contribution in [3.8, 4) is 27.9 Å². The van der Waals surface area contributed by atoms with Crippen LogP contribution in [0.25, 0.3) is 55.3 Å². The summed E-state index contributed by atoms with van der Waals surface area (Å²) in [5.41, 5.74) is 13.2. The van der Waals surface area contributed by atoms with Crippen molar-refractivity contribution in [3.05, 3.63) is 205 Å². The Bertz CT molecular complexity index is 2620. The minimum atomic E-state index is 0.295. The van der Waals surface area contributed by atoms with Crippen LogP contribution in [0.1, 0.15) is 5.56 Å². The molecule has 1 aliphatic carbocycles. The molecule has 0 aliphatic heterocycles. The molecule has 1 heterocycles. The zero-order chi connectivity index (χ0) is 35.7. The Labute approximate surface area is 314 Å². The molecule has 0 saturated heterocycles. The molecule has 53 heavy (non-hydrogen) atoms. The van der Waals surface area contributed by atoms with Gasteiger partial charge in [0.1, 0.15) is 11.4 Å². The van der Waals surface area contributed by atoms with Gasteiger partial charge in [0.15, 0.2) is 0 Å². The van der Waals surface area contributed by atoms with Crippen LogP contribution in [-0.2, 0) is 0 Å². The third kappa shape index (κ3) is 5.87. The first-order valence-electron chi connectivity index (χ1n) is 17.6. The maximum atomic E-state index is 9.64. The van der Waals surface area contributed by atoms with Crippen molar-refractivity contribution in [2.75, 3.05) is 4.90 Å². The van der Waals surface area contributed by atoms with Crippen LogP contribution in [0.3, 0.4) is 0 Å². The number of fused-ring (bicyclic) bond motifs is 3. The summed E-state index contributed by atoms with van der Waals surface area (Å²) in [5, 5.41) is 12.0.